The monoisotopic (exact) mass is 424 g/mol. The van der Waals surface area contributed by atoms with Crippen molar-refractivity contribution in [3.63, 3.8) is 0 Å². The molecule has 2 aromatic heterocycles. The van der Waals surface area contributed by atoms with Gasteiger partial charge in [0.15, 0.2) is 5.11 Å². The molecule has 1 aliphatic heterocycles. The highest BCUT2D eigenvalue weighted by Crippen LogP contribution is 2.42. The van der Waals surface area contributed by atoms with Gasteiger partial charge in [-0.3, -0.25) is 4.98 Å². The molecule has 31 heavy (non-hydrogen) atoms. The Bertz CT molecular complexity index is 1200. The van der Waals surface area contributed by atoms with Crippen LogP contribution in [-0.4, -0.2) is 14.7 Å². The minimum Gasteiger partial charge on any atom is -0.351 e. The van der Waals surface area contributed by atoms with E-state index in [4.69, 9.17) is 12.2 Å². The number of aromatic nitrogens is 2. The fraction of sp³-hybridized carbons (Fsp3) is 0.154. The SMILES string of the molecule is Cc1cc(C)cc(N2C(=S)NC(c3ccccn3)C2c2ccn(-c3ccccc3)c2)c1. The van der Waals surface area contributed by atoms with Gasteiger partial charge in [0.1, 0.15) is 0 Å². The molecule has 0 radical (unpaired) electrons. The van der Waals surface area contributed by atoms with E-state index in [1.807, 2.05) is 24.4 Å². The Morgan fingerprint density at radius 1 is 0.871 bits per heavy atom. The summed E-state index contributed by atoms with van der Waals surface area (Å²) in [6.45, 7) is 4.25. The Morgan fingerprint density at radius 2 is 1.61 bits per heavy atom. The molecule has 1 N–H and O–H groups in total. The van der Waals surface area contributed by atoms with Crippen LogP contribution in [0.15, 0.2) is 91.4 Å². The first-order valence-electron chi connectivity index (χ1n) is 10.4. The first-order chi connectivity index (χ1) is 15.1. The molecule has 0 saturated carbocycles. The predicted octanol–water partition coefficient (Wildman–Crippen LogP) is 5.67. The van der Waals surface area contributed by atoms with Gasteiger partial charge >= 0.3 is 0 Å². The van der Waals surface area contributed by atoms with Gasteiger partial charge in [-0.1, -0.05) is 30.3 Å². The Morgan fingerprint density at radius 3 is 2.32 bits per heavy atom. The molecule has 2 unspecified atom stereocenters. The molecule has 5 rings (SSSR count). The molecule has 2 aromatic carbocycles. The zero-order valence-corrected chi connectivity index (χ0v) is 18.4. The van der Waals surface area contributed by atoms with Crippen molar-refractivity contribution in [2.24, 2.45) is 0 Å². The fourth-order valence-electron chi connectivity index (χ4n) is 4.41. The highest BCUT2D eigenvalue weighted by molar-refractivity contribution is 7.80. The molecule has 154 valence electrons. The number of hydrogen-bond donors (Lipinski definition) is 1. The third kappa shape index (κ3) is 3.73. The molecule has 1 saturated heterocycles. The number of hydrogen-bond acceptors (Lipinski definition) is 2. The van der Waals surface area contributed by atoms with E-state index < -0.39 is 0 Å². The smallest absolute Gasteiger partial charge is 0.174 e. The molecular formula is C26H24N4S. The van der Waals surface area contributed by atoms with Gasteiger partial charge in [0.2, 0.25) is 0 Å². The van der Waals surface area contributed by atoms with Gasteiger partial charge < -0.3 is 14.8 Å². The second-order valence-corrected chi connectivity index (χ2v) is 8.42. The van der Waals surface area contributed by atoms with Crippen molar-refractivity contribution in [2.45, 2.75) is 25.9 Å². The Kier molecular flexibility index (Phi) is 5.04. The van der Waals surface area contributed by atoms with Crippen LogP contribution in [0.2, 0.25) is 0 Å². The lowest BCUT2D eigenvalue weighted by Gasteiger charge is -2.28. The predicted molar refractivity (Wildman–Crippen MR) is 130 cm³/mol. The second-order valence-electron chi connectivity index (χ2n) is 8.03. The highest BCUT2D eigenvalue weighted by Gasteiger charge is 2.41. The molecule has 0 spiro atoms. The maximum atomic E-state index is 5.84. The van der Waals surface area contributed by atoms with Crippen LogP contribution < -0.4 is 10.2 Å². The fourth-order valence-corrected chi connectivity index (χ4v) is 4.76. The maximum Gasteiger partial charge on any atom is 0.174 e. The van der Waals surface area contributed by atoms with Crippen molar-refractivity contribution in [2.75, 3.05) is 4.90 Å². The number of benzene rings is 2. The number of aryl methyl sites for hydroxylation is 2. The topological polar surface area (TPSA) is 33.1 Å². The van der Waals surface area contributed by atoms with E-state index in [1.165, 1.54) is 16.7 Å². The summed E-state index contributed by atoms with van der Waals surface area (Å²) in [5.41, 5.74) is 6.85. The first kappa shape index (κ1) is 19.5. The van der Waals surface area contributed by atoms with Crippen molar-refractivity contribution in [1.82, 2.24) is 14.9 Å². The van der Waals surface area contributed by atoms with Gasteiger partial charge in [0.05, 0.1) is 17.8 Å². The standard InChI is InChI=1S/C26H24N4S/c1-18-14-19(2)16-22(15-18)30-25(24(28-26(30)31)23-10-6-7-12-27-23)20-11-13-29(17-20)21-8-4-3-5-9-21/h3-17,24-25H,1-2H3,(H,28,31). The lowest BCUT2D eigenvalue weighted by atomic mass is 9.98. The number of nitrogens with zero attached hydrogens (tertiary/aromatic N) is 3. The van der Waals surface area contributed by atoms with Gasteiger partial charge in [-0.15, -0.1) is 0 Å². The van der Waals surface area contributed by atoms with Gasteiger partial charge in [-0.2, -0.15) is 0 Å². The molecule has 0 aliphatic carbocycles. The van der Waals surface area contributed by atoms with Crippen LogP contribution in [0.1, 0.15) is 34.5 Å². The number of anilines is 1. The second kappa shape index (κ2) is 8.00. The number of rotatable bonds is 4. The van der Waals surface area contributed by atoms with Crippen LogP contribution in [0.4, 0.5) is 5.69 Å². The van der Waals surface area contributed by atoms with Crippen LogP contribution in [0, 0.1) is 13.8 Å². The third-order valence-corrected chi connectivity index (χ3v) is 6.01. The maximum absolute atomic E-state index is 5.84. The molecule has 4 nitrogen and oxygen atoms in total. The summed E-state index contributed by atoms with van der Waals surface area (Å²) < 4.78 is 2.16. The molecule has 0 bridgehead atoms. The van der Waals surface area contributed by atoms with Crippen LogP contribution in [0.5, 0.6) is 0 Å². The summed E-state index contributed by atoms with van der Waals surface area (Å²) in [7, 11) is 0. The Hall–Kier alpha value is -3.44. The quantitative estimate of drug-likeness (QED) is 0.428. The van der Waals surface area contributed by atoms with E-state index in [0.29, 0.717) is 0 Å². The average Bonchev–Trinajstić information content (AvgIpc) is 3.39. The summed E-state index contributed by atoms with van der Waals surface area (Å²) in [6.07, 6.45) is 6.15. The number of thiocarbonyl (C=S) groups is 1. The molecule has 4 aromatic rings. The highest BCUT2D eigenvalue weighted by atomic mass is 32.1. The molecule has 1 fully saturated rings. The van der Waals surface area contributed by atoms with Crippen molar-refractivity contribution in [3.8, 4) is 5.69 Å². The van der Waals surface area contributed by atoms with Crippen LogP contribution in [0.25, 0.3) is 5.69 Å². The van der Waals surface area contributed by atoms with E-state index in [0.717, 1.165) is 22.2 Å². The Labute approximate surface area is 188 Å². The number of nitrogens with one attached hydrogen (secondary N) is 1. The van der Waals surface area contributed by atoms with Crippen molar-refractivity contribution in [1.29, 1.82) is 0 Å². The van der Waals surface area contributed by atoms with E-state index in [9.17, 15) is 0 Å². The summed E-state index contributed by atoms with van der Waals surface area (Å²) in [5.74, 6) is 0. The minimum atomic E-state index is -0.0406. The largest absolute Gasteiger partial charge is 0.351 e. The number of para-hydroxylation sites is 1. The van der Waals surface area contributed by atoms with Crippen molar-refractivity contribution < 1.29 is 0 Å². The lowest BCUT2D eigenvalue weighted by molar-refractivity contribution is 0.568. The summed E-state index contributed by atoms with van der Waals surface area (Å²) >= 11 is 5.84. The van der Waals surface area contributed by atoms with Gasteiger partial charge in [-0.25, -0.2) is 0 Å². The van der Waals surface area contributed by atoms with E-state index in [1.54, 1.807) is 0 Å². The van der Waals surface area contributed by atoms with Gasteiger partial charge in [0, 0.05) is 30.0 Å². The van der Waals surface area contributed by atoms with Crippen molar-refractivity contribution in [3.05, 3.63) is 114 Å². The molecule has 1 aliphatic rings. The van der Waals surface area contributed by atoms with Crippen molar-refractivity contribution >= 4 is 23.0 Å². The normalized spacial score (nSPS) is 18.3. The molecule has 3 heterocycles. The van der Waals surface area contributed by atoms with E-state index in [-0.39, 0.29) is 12.1 Å². The van der Waals surface area contributed by atoms with Crippen LogP contribution in [0.3, 0.4) is 0 Å². The summed E-state index contributed by atoms with van der Waals surface area (Å²) in [6, 6.07) is 25.1. The molecular weight excluding hydrogens is 400 g/mol. The van der Waals surface area contributed by atoms with E-state index >= 15 is 0 Å². The summed E-state index contributed by atoms with van der Waals surface area (Å²) in [5, 5.41) is 4.26. The van der Waals surface area contributed by atoms with Gasteiger partial charge in [0.25, 0.3) is 0 Å². The zero-order chi connectivity index (χ0) is 21.4. The van der Waals surface area contributed by atoms with Crippen LogP contribution >= 0.6 is 12.2 Å². The molecule has 0 amide bonds. The lowest BCUT2D eigenvalue weighted by Crippen LogP contribution is -2.29. The number of pyridine rings is 1. The zero-order valence-electron chi connectivity index (χ0n) is 17.6. The molecule has 2 atom stereocenters. The Balaban J connectivity index is 1.62. The summed E-state index contributed by atoms with van der Waals surface area (Å²) in [4.78, 5) is 6.88. The third-order valence-electron chi connectivity index (χ3n) is 5.69. The first-order valence-corrected chi connectivity index (χ1v) is 10.8. The average molecular weight is 425 g/mol. The van der Waals surface area contributed by atoms with Crippen LogP contribution in [-0.2, 0) is 0 Å². The van der Waals surface area contributed by atoms with Gasteiger partial charge in [-0.05, 0) is 85.2 Å². The molecule has 5 heteroatoms. The minimum absolute atomic E-state index is 0.00596. The van der Waals surface area contributed by atoms with E-state index in [2.05, 4.69) is 101 Å².